The zero-order chi connectivity index (χ0) is 16.3. The number of aromatic nitrogens is 1. The minimum atomic E-state index is -0.610. The van der Waals surface area contributed by atoms with E-state index in [2.05, 4.69) is 9.98 Å². The molecule has 0 saturated carbocycles. The molecule has 22 heavy (non-hydrogen) atoms. The summed E-state index contributed by atoms with van der Waals surface area (Å²) in [5.41, 5.74) is 0.933. The van der Waals surface area contributed by atoms with Gasteiger partial charge < -0.3 is 9.84 Å². The number of rotatable bonds is 3. The van der Waals surface area contributed by atoms with E-state index < -0.39 is 11.6 Å². The van der Waals surface area contributed by atoms with Crippen molar-refractivity contribution in [3.05, 3.63) is 41.4 Å². The molecule has 0 fully saturated rings. The number of hydrogen-bond donors (Lipinski definition) is 1. The second-order valence-electron chi connectivity index (χ2n) is 6.23. The first-order chi connectivity index (χ1) is 10.3. The fourth-order valence-electron chi connectivity index (χ4n) is 2.33. The number of aliphatic imine (C=N–C) groups is 1. The highest BCUT2D eigenvalue weighted by atomic mass is 16.6. The van der Waals surface area contributed by atoms with Crippen LogP contribution in [-0.2, 0) is 9.53 Å². The molecule has 1 aromatic rings. The van der Waals surface area contributed by atoms with Crippen LogP contribution >= 0.6 is 0 Å². The topological polar surface area (TPSA) is 71.8 Å². The molecule has 1 aromatic heterocycles. The van der Waals surface area contributed by atoms with Gasteiger partial charge in [-0.05, 0) is 39.3 Å². The first-order valence-electron chi connectivity index (χ1n) is 7.45. The predicted molar refractivity (Wildman–Crippen MR) is 84.8 cm³/mol. The van der Waals surface area contributed by atoms with E-state index in [0.29, 0.717) is 12.1 Å². The van der Waals surface area contributed by atoms with Crippen molar-refractivity contribution in [3.8, 4) is 0 Å². The van der Waals surface area contributed by atoms with Crippen LogP contribution in [-0.4, -0.2) is 27.4 Å². The Hall–Kier alpha value is -2.17. The van der Waals surface area contributed by atoms with E-state index in [1.165, 1.54) is 0 Å². The summed E-state index contributed by atoms with van der Waals surface area (Å²) in [4.78, 5) is 21.2. The predicted octanol–water partition coefficient (Wildman–Crippen LogP) is 3.53. The molecule has 0 bridgehead atoms. The van der Waals surface area contributed by atoms with Gasteiger partial charge in [0.2, 0.25) is 0 Å². The van der Waals surface area contributed by atoms with Gasteiger partial charge in [-0.3, -0.25) is 9.98 Å². The molecule has 2 rings (SSSR count). The van der Waals surface area contributed by atoms with Crippen molar-refractivity contribution in [2.45, 2.75) is 52.2 Å². The lowest BCUT2D eigenvalue weighted by Gasteiger charge is -2.25. The van der Waals surface area contributed by atoms with Crippen LogP contribution in [0.1, 0.15) is 52.3 Å². The third-order valence-corrected chi connectivity index (χ3v) is 3.24. The smallest absolute Gasteiger partial charge is 0.343 e. The normalized spacial score (nSPS) is 18.9. The quantitative estimate of drug-likeness (QED) is 0.867. The summed E-state index contributed by atoms with van der Waals surface area (Å²) in [5.74, 6) is -0.498. The second kappa shape index (κ2) is 6.30. The highest BCUT2D eigenvalue weighted by Gasteiger charge is 2.31. The molecule has 1 atom stereocenters. The van der Waals surface area contributed by atoms with Crippen LogP contribution < -0.4 is 0 Å². The van der Waals surface area contributed by atoms with Crippen LogP contribution in [0, 0.1) is 0 Å². The van der Waals surface area contributed by atoms with Gasteiger partial charge in [0.25, 0.3) is 0 Å². The fourth-order valence-corrected chi connectivity index (χ4v) is 2.33. The Balaban J connectivity index is 2.30. The first kappa shape index (κ1) is 16.2. The van der Waals surface area contributed by atoms with Crippen molar-refractivity contribution in [1.82, 2.24) is 4.98 Å². The molecule has 0 saturated heterocycles. The zero-order valence-corrected chi connectivity index (χ0v) is 13.5. The molecular formula is C17H22N2O3. The van der Waals surface area contributed by atoms with Crippen LogP contribution in [0.2, 0.25) is 0 Å². The summed E-state index contributed by atoms with van der Waals surface area (Å²) in [6.45, 7) is 7.29. The summed E-state index contributed by atoms with van der Waals surface area (Å²) in [7, 11) is 0. The number of carbonyl (C=O) groups is 1. The third-order valence-electron chi connectivity index (χ3n) is 3.24. The Morgan fingerprint density at radius 1 is 1.41 bits per heavy atom. The maximum Gasteiger partial charge on any atom is 0.343 e. The summed E-state index contributed by atoms with van der Waals surface area (Å²) < 4.78 is 5.37. The van der Waals surface area contributed by atoms with Gasteiger partial charge in [0.05, 0.1) is 17.4 Å². The summed E-state index contributed by atoms with van der Waals surface area (Å²) in [6.07, 6.45) is 2.50. The Bertz CT molecular complexity index is 613. The Labute approximate surface area is 130 Å². The van der Waals surface area contributed by atoms with E-state index in [0.717, 1.165) is 5.69 Å². The molecule has 0 aromatic carbocycles. The second-order valence-corrected chi connectivity index (χ2v) is 6.23. The van der Waals surface area contributed by atoms with Gasteiger partial charge in [-0.25, -0.2) is 4.79 Å². The standard InChI is InChI=1S/C17H22N2O3/c1-5-11-15(16(21)22-17(2,3)4)14(20)10-13(19-11)12-8-6-7-9-18-12/h6-9,13,20H,5,10H2,1-4H3. The molecule has 0 radical (unpaired) electrons. The highest BCUT2D eigenvalue weighted by Crippen LogP contribution is 2.31. The summed E-state index contributed by atoms with van der Waals surface area (Å²) in [6, 6.07) is 5.32. The molecule has 0 amide bonds. The van der Waals surface area contributed by atoms with Crippen LogP contribution in [0.15, 0.2) is 40.7 Å². The molecule has 0 aliphatic carbocycles. The first-order valence-corrected chi connectivity index (χ1v) is 7.45. The highest BCUT2D eigenvalue weighted by molar-refractivity contribution is 6.20. The van der Waals surface area contributed by atoms with Gasteiger partial charge >= 0.3 is 5.97 Å². The lowest BCUT2D eigenvalue weighted by molar-refractivity contribution is -0.149. The molecule has 0 spiro atoms. The molecule has 5 nitrogen and oxygen atoms in total. The number of pyridine rings is 1. The average molecular weight is 302 g/mol. The third kappa shape index (κ3) is 3.72. The number of aliphatic hydroxyl groups excluding tert-OH is 1. The van der Waals surface area contributed by atoms with Crippen molar-refractivity contribution in [3.63, 3.8) is 0 Å². The average Bonchev–Trinajstić information content (AvgIpc) is 2.45. The minimum Gasteiger partial charge on any atom is -0.511 e. The van der Waals surface area contributed by atoms with Crippen LogP contribution in [0.3, 0.4) is 0 Å². The zero-order valence-electron chi connectivity index (χ0n) is 13.5. The lowest BCUT2D eigenvalue weighted by Crippen LogP contribution is -2.29. The van der Waals surface area contributed by atoms with Crippen molar-refractivity contribution < 1.29 is 14.6 Å². The largest absolute Gasteiger partial charge is 0.511 e. The molecule has 5 heteroatoms. The molecule has 118 valence electrons. The number of esters is 1. The van der Waals surface area contributed by atoms with Crippen molar-refractivity contribution in [2.75, 3.05) is 0 Å². The molecule has 1 unspecified atom stereocenters. The molecule has 2 heterocycles. The van der Waals surface area contributed by atoms with E-state index in [4.69, 9.17) is 4.74 Å². The van der Waals surface area contributed by atoms with Crippen LogP contribution in [0.25, 0.3) is 0 Å². The SMILES string of the molecule is CCC1=NC(c2ccccn2)CC(O)=C1C(=O)OC(C)(C)C. The van der Waals surface area contributed by atoms with E-state index in [9.17, 15) is 9.90 Å². The van der Waals surface area contributed by atoms with Crippen LogP contribution in [0.4, 0.5) is 0 Å². The van der Waals surface area contributed by atoms with Gasteiger partial charge in [-0.15, -0.1) is 0 Å². The molecule has 1 aliphatic heterocycles. The van der Waals surface area contributed by atoms with Crippen molar-refractivity contribution in [1.29, 1.82) is 0 Å². The van der Waals surface area contributed by atoms with Crippen molar-refractivity contribution in [2.24, 2.45) is 4.99 Å². The Morgan fingerprint density at radius 2 is 2.14 bits per heavy atom. The van der Waals surface area contributed by atoms with Crippen molar-refractivity contribution >= 4 is 11.7 Å². The summed E-state index contributed by atoms with van der Waals surface area (Å²) >= 11 is 0. The van der Waals surface area contributed by atoms with E-state index in [1.807, 2.05) is 25.1 Å². The van der Waals surface area contributed by atoms with Gasteiger partial charge in [0, 0.05) is 12.6 Å². The van der Waals surface area contributed by atoms with E-state index in [-0.39, 0.29) is 23.8 Å². The number of carbonyl (C=O) groups excluding carboxylic acids is 1. The lowest BCUT2D eigenvalue weighted by atomic mass is 9.96. The molecule has 1 N–H and O–H groups in total. The number of hydrogen-bond acceptors (Lipinski definition) is 5. The maximum absolute atomic E-state index is 12.3. The van der Waals surface area contributed by atoms with Gasteiger partial charge in [-0.1, -0.05) is 13.0 Å². The number of aliphatic hydroxyl groups is 1. The van der Waals surface area contributed by atoms with Gasteiger partial charge in [0.1, 0.15) is 16.9 Å². The minimum absolute atomic E-state index is 0.0248. The monoisotopic (exact) mass is 302 g/mol. The molecule has 1 aliphatic rings. The maximum atomic E-state index is 12.3. The Kier molecular flexibility index (Phi) is 4.64. The van der Waals surface area contributed by atoms with Crippen LogP contribution in [0.5, 0.6) is 0 Å². The van der Waals surface area contributed by atoms with Gasteiger partial charge in [-0.2, -0.15) is 0 Å². The fraction of sp³-hybridized carbons (Fsp3) is 0.471. The number of ether oxygens (including phenoxy) is 1. The Morgan fingerprint density at radius 3 is 2.68 bits per heavy atom. The van der Waals surface area contributed by atoms with E-state index in [1.54, 1.807) is 27.0 Å². The van der Waals surface area contributed by atoms with E-state index >= 15 is 0 Å². The number of nitrogens with zero attached hydrogens (tertiary/aromatic N) is 2. The van der Waals surface area contributed by atoms with Gasteiger partial charge in [0.15, 0.2) is 0 Å². The number of dihydropyridines is 1. The summed E-state index contributed by atoms with van der Waals surface area (Å²) in [5, 5.41) is 10.3. The molecular weight excluding hydrogens is 280 g/mol.